The summed E-state index contributed by atoms with van der Waals surface area (Å²) >= 11 is 0. The summed E-state index contributed by atoms with van der Waals surface area (Å²) in [7, 11) is 1.31. The number of rotatable bonds is 31. The van der Waals surface area contributed by atoms with Gasteiger partial charge in [0.15, 0.2) is 0 Å². The van der Waals surface area contributed by atoms with Gasteiger partial charge in [0.05, 0.1) is 39.9 Å². The summed E-state index contributed by atoms with van der Waals surface area (Å²) in [5.74, 6) is -0.171. The first-order chi connectivity index (χ1) is 20.0. The fourth-order valence-corrected chi connectivity index (χ4v) is 5.70. The fourth-order valence-electron chi connectivity index (χ4n) is 4.98. The fraction of sp³-hybridized carbons (Fsp3) is 0.970. The van der Waals surface area contributed by atoms with Crippen molar-refractivity contribution in [3.63, 3.8) is 0 Å². The molecule has 0 heterocycles. The number of likely N-dealkylation sites (N-methyl/N-ethyl adjacent to an activating group) is 1. The van der Waals surface area contributed by atoms with Crippen molar-refractivity contribution in [3.05, 3.63) is 0 Å². The zero-order valence-corrected chi connectivity index (χ0v) is 29.1. The number of hydrogen-bond donors (Lipinski definition) is 2. The number of aliphatic hydroxyl groups is 1. The quantitative estimate of drug-likeness (QED) is 0.0468. The second-order valence-corrected chi connectivity index (χ2v) is 14.6. The molecule has 0 rings (SSSR count). The number of aliphatic hydroxyl groups excluding tert-OH is 1. The van der Waals surface area contributed by atoms with E-state index >= 15 is 0 Å². The molecule has 0 aliphatic rings. The number of phosphoric acid groups is 1. The smallest absolute Gasteiger partial charge is 0.268 e. The minimum atomic E-state index is -4.54. The topological polar surface area (TPSA) is 108 Å². The average Bonchev–Trinajstić information content (AvgIpc) is 2.92. The third-order valence-corrected chi connectivity index (χ3v) is 8.81. The molecule has 0 aromatic carbocycles. The monoisotopic (exact) mass is 620 g/mol. The van der Waals surface area contributed by atoms with Crippen molar-refractivity contribution in [3.8, 4) is 0 Å². The molecule has 0 fully saturated rings. The van der Waals surface area contributed by atoms with Crippen LogP contribution in [0.25, 0.3) is 0 Å². The van der Waals surface area contributed by atoms with Crippen molar-refractivity contribution in [2.75, 3.05) is 40.9 Å². The first-order valence-corrected chi connectivity index (χ1v) is 18.8. The zero-order chi connectivity index (χ0) is 31.5. The molecule has 0 saturated carbocycles. The van der Waals surface area contributed by atoms with Crippen LogP contribution in [0.5, 0.6) is 0 Å². The van der Waals surface area contributed by atoms with Gasteiger partial charge in [0.2, 0.25) is 5.91 Å². The predicted octanol–water partition coefficient (Wildman–Crippen LogP) is 7.66. The van der Waals surface area contributed by atoms with Crippen molar-refractivity contribution < 1.29 is 32.9 Å². The molecular formula is C33H69N2O6P. The standard InChI is InChI=1S/C33H69N2O6P/c1-6-8-10-12-14-16-17-18-19-20-22-24-26-32(36)31(30-41-42(38,39)40-29-28-35(3,4)5)34-33(37)27-25-23-21-15-13-11-9-7-2/h31-32,36H,6-30H2,1-5H3,(H-,34,37,38,39)/t31-,32+/m0/s1. The van der Waals surface area contributed by atoms with Crippen molar-refractivity contribution in [2.45, 2.75) is 167 Å². The minimum Gasteiger partial charge on any atom is -0.756 e. The normalized spacial score (nSPS) is 14.9. The SMILES string of the molecule is CCCCCCCCCCCCCC[C@@H](O)[C@H](COP(=O)([O-])OCC[N+](C)(C)C)NC(=O)CCCCCCCCCC. The molecule has 42 heavy (non-hydrogen) atoms. The van der Waals surface area contributed by atoms with Crippen LogP contribution in [0.15, 0.2) is 0 Å². The number of nitrogens with zero attached hydrogens (tertiary/aromatic N) is 1. The molecule has 0 aromatic rings. The van der Waals surface area contributed by atoms with Crippen LogP contribution in [-0.2, 0) is 18.4 Å². The molecule has 2 N–H and O–H groups in total. The van der Waals surface area contributed by atoms with Crippen LogP contribution in [0.3, 0.4) is 0 Å². The molecule has 0 aliphatic heterocycles. The van der Waals surface area contributed by atoms with E-state index in [0.717, 1.165) is 38.5 Å². The van der Waals surface area contributed by atoms with Gasteiger partial charge in [-0.1, -0.05) is 136 Å². The predicted molar refractivity (Wildman–Crippen MR) is 173 cm³/mol. The highest BCUT2D eigenvalue weighted by Gasteiger charge is 2.24. The van der Waals surface area contributed by atoms with Gasteiger partial charge in [-0.05, 0) is 12.8 Å². The third kappa shape index (κ3) is 28.3. The number of unbranched alkanes of at least 4 members (excludes halogenated alkanes) is 18. The summed E-state index contributed by atoms with van der Waals surface area (Å²) in [5.41, 5.74) is 0. The number of phosphoric ester groups is 1. The van der Waals surface area contributed by atoms with Crippen LogP contribution in [0, 0.1) is 0 Å². The molecule has 1 amide bonds. The van der Waals surface area contributed by atoms with E-state index in [-0.39, 0.29) is 19.1 Å². The minimum absolute atomic E-state index is 0.0150. The highest BCUT2D eigenvalue weighted by molar-refractivity contribution is 7.45. The van der Waals surface area contributed by atoms with Gasteiger partial charge in [0.25, 0.3) is 7.82 Å². The lowest BCUT2D eigenvalue weighted by Crippen LogP contribution is -2.46. The second-order valence-electron chi connectivity index (χ2n) is 13.2. The first kappa shape index (κ1) is 41.5. The van der Waals surface area contributed by atoms with E-state index in [9.17, 15) is 19.4 Å². The maximum absolute atomic E-state index is 12.7. The maximum atomic E-state index is 12.7. The molecule has 3 atom stereocenters. The van der Waals surface area contributed by atoms with Gasteiger partial charge in [-0.2, -0.15) is 0 Å². The Morgan fingerprint density at radius 3 is 1.62 bits per heavy atom. The molecule has 0 spiro atoms. The Morgan fingerprint density at radius 2 is 1.17 bits per heavy atom. The van der Waals surface area contributed by atoms with E-state index in [0.29, 0.717) is 23.9 Å². The van der Waals surface area contributed by atoms with Crippen molar-refractivity contribution in [1.29, 1.82) is 0 Å². The number of hydrogen-bond acceptors (Lipinski definition) is 6. The van der Waals surface area contributed by atoms with Gasteiger partial charge in [0, 0.05) is 6.42 Å². The lowest BCUT2D eigenvalue weighted by molar-refractivity contribution is -0.870. The van der Waals surface area contributed by atoms with Crippen LogP contribution in [-0.4, -0.2) is 68.5 Å². The second kappa shape index (κ2) is 26.9. The van der Waals surface area contributed by atoms with E-state index in [1.807, 2.05) is 21.1 Å². The van der Waals surface area contributed by atoms with Crippen LogP contribution in [0.4, 0.5) is 0 Å². The number of amides is 1. The highest BCUT2D eigenvalue weighted by Crippen LogP contribution is 2.38. The molecule has 252 valence electrons. The lowest BCUT2D eigenvalue weighted by Gasteiger charge is -2.30. The van der Waals surface area contributed by atoms with Gasteiger partial charge in [-0.15, -0.1) is 0 Å². The Kier molecular flexibility index (Phi) is 26.5. The summed E-state index contributed by atoms with van der Waals surface area (Å²) in [4.78, 5) is 25.0. The Hall–Kier alpha value is -0.500. The van der Waals surface area contributed by atoms with E-state index in [4.69, 9.17) is 9.05 Å². The van der Waals surface area contributed by atoms with Gasteiger partial charge in [0.1, 0.15) is 13.2 Å². The first-order valence-electron chi connectivity index (χ1n) is 17.4. The molecule has 1 unspecified atom stereocenters. The number of quaternary nitrogens is 1. The largest absolute Gasteiger partial charge is 0.756 e. The summed E-state index contributed by atoms with van der Waals surface area (Å²) in [6.07, 6.45) is 23.9. The molecule has 0 aromatic heterocycles. The van der Waals surface area contributed by atoms with Crippen LogP contribution >= 0.6 is 7.82 Å². The number of nitrogens with one attached hydrogen (secondary N) is 1. The summed E-state index contributed by atoms with van der Waals surface area (Å²) in [6, 6.07) is -0.788. The van der Waals surface area contributed by atoms with Crippen LogP contribution in [0.2, 0.25) is 0 Å². The summed E-state index contributed by atoms with van der Waals surface area (Å²) in [6.45, 7) is 4.66. The molecule has 0 aliphatic carbocycles. The average molecular weight is 621 g/mol. The van der Waals surface area contributed by atoms with Gasteiger partial charge >= 0.3 is 0 Å². The van der Waals surface area contributed by atoms with E-state index in [2.05, 4.69) is 19.2 Å². The van der Waals surface area contributed by atoms with Crippen molar-refractivity contribution in [2.24, 2.45) is 0 Å². The molecular weight excluding hydrogens is 551 g/mol. The zero-order valence-electron chi connectivity index (χ0n) is 28.2. The van der Waals surface area contributed by atoms with Crippen molar-refractivity contribution >= 4 is 13.7 Å². The Morgan fingerprint density at radius 1 is 0.738 bits per heavy atom. The molecule has 0 bridgehead atoms. The number of carbonyl (C=O) groups excluding carboxylic acids is 1. The lowest BCUT2D eigenvalue weighted by atomic mass is 10.0. The van der Waals surface area contributed by atoms with Gasteiger partial charge < -0.3 is 28.8 Å². The van der Waals surface area contributed by atoms with Gasteiger partial charge in [-0.25, -0.2) is 0 Å². The summed E-state index contributed by atoms with van der Waals surface area (Å²) < 4.78 is 23.0. The highest BCUT2D eigenvalue weighted by atomic mass is 31.2. The Bertz CT molecular complexity index is 673. The van der Waals surface area contributed by atoms with Gasteiger partial charge in [-0.3, -0.25) is 9.36 Å². The summed E-state index contributed by atoms with van der Waals surface area (Å²) in [5, 5.41) is 13.7. The van der Waals surface area contributed by atoms with E-state index in [1.54, 1.807) is 0 Å². The Labute approximate surface area is 259 Å². The van der Waals surface area contributed by atoms with E-state index < -0.39 is 20.0 Å². The maximum Gasteiger partial charge on any atom is 0.268 e. The molecule has 0 radical (unpaired) electrons. The molecule has 0 saturated heterocycles. The van der Waals surface area contributed by atoms with E-state index in [1.165, 1.54) is 89.9 Å². The molecule has 8 nitrogen and oxygen atoms in total. The third-order valence-electron chi connectivity index (χ3n) is 7.85. The van der Waals surface area contributed by atoms with Crippen molar-refractivity contribution in [1.82, 2.24) is 5.32 Å². The Balaban J connectivity index is 4.51. The van der Waals surface area contributed by atoms with Crippen LogP contribution in [0.1, 0.15) is 155 Å². The van der Waals surface area contributed by atoms with Crippen LogP contribution < -0.4 is 10.2 Å². The number of carbonyl (C=O) groups is 1. The molecule has 9 heteroatoms.